The van der Waals surface area contributed by atoms with Gasteiger partial charge < -0.3 is 9.32 Å². The van der Waals surface area contributed by atoms with Crippen molar-refractivity contribution in [2.24, 2.45) is 0 Å². The van der Waals surface area contributed by atoms with E-state index in [0.717, 1.165) is 61.1 Å². The van der Waals surface area contributed by atoms with E-state index in [-0.39, 0.29) is 0 Å². The Bertz CT molecular complexity index is 3630. The average molecular weight is 790 g/mol. The maximum atomic E-state index is 6.54. The molecule has 0 bridgehead atoms. The third-order valence-electron chi connectivity index (χ3n) is 12.4. The van der Waals surface area contributed by atoms with E-state index in [1.165, 1.54) is 54.7 Å². The van der Waals surface area contributed by atoms with Gasteiger partial charge in [-0.1, -0.05) is 182 Å². The number of para-hydroxylation sites is 1. The van der Waals surface area contributed by atoms with Crippen molar-refractivity contribution in [2.75, 3.05) is 4.90 Å². The Morgan fingerprint density at radius 3 is 1.69 bits per heavy atom. The number of hydrogen-bond donors (Lipinski definition) is 0. The van der Waals surface area contributed by atoms with E-state index in [0.29, 0.717) is 0 Å². The average Bonchev–Trinajstić information content (AvgIpc) is 3.73. The standard InChI is InChI=1S/C60H39NO/c1-2-14-46-37-48(28-25-40(46)11-1)47-16-9-17-51(38-47)61(50-33-29-42(30-34-50)41-23-26-45(27-24-41)53-21-10-15-43-12-3-5-18-52(43)53)58-22-8-7-19-54(58)49-32-36-59-57(39-49)56-35-31-44-13-4-6-20-55(44)60(56)62-59/h1-39H. The fourth-order valence-electron chi connectivity index (χ4n) is 9.33. The van der Waals surface area contributed by atoms with Gasteiger partial charge in [0.05, 0.1) is 5.69 Å². The maximum Gasteiger partial charge on any atom is 0.143 e. The zero-order valence-electron chi connectivity index (χ0n) is 33.9. The number of rotatable bonds is 7. The second-order valence-electron chi connectivity index (χ2n) is 16.1. The summed E-state index contributed by atoms with van der Waals surface area (Å²) in [5, 5.41) is 9.53. The van der Waals surface area contributed by atoms with Crippen molar-refractivity contribution in [1.29, 1.82) is 0 Å². The van der Waals surface area contributed by atoms with E-state index in [9.17, 15) is 0 Å². The van der Waals surface area contributed by atoms with Gasteiger partial charge in [-0.3, -0.25) is 0 Å². The van der Waals surface area contributed by atoms with E-state index in [1.807, 2.05) is 0 Å². The van der Waals surface area contributed by atoms with Crippen LogP contribution in [0.15, 0.2) is 241 Å². The molecule has 0 unspecified atom stereocenters. The second-order valence-corrected chi connectivity index (χ2v) is 16.1. The number of hydrogen-bond acceptors (Lipinski definition) is 2. The summed E-state index contributed by atoms with van der Waals surface area (Å²) in [6.07, 6.45) is 0. The van der Waals surface area contributed by atoms with Crippen molar-refractivity contribution in [3.8, 4) is 44.5 Å². The molecular formula is C60H39NO. The Morgan fingerprint density at radius 1 is 0.274 bits per heavy atom. The van der Waals surface area contributed by atoms with Crippen LogP contribution in [0.4, 0.5) is 17.1 Å². The fraction of sp³-hybridized carbons (Fsp3) is 0. The van der Waals surface area contributed by atoms with E-state index >= 15 is 0 Å². The zero-order valence-corrected chi connectivity index (χ0v) is 33.9. The molecule has 0 spiro atoms. The number of nitrogens with zero attached hydrogens (tertiary/aromatic N) is 1. The van der Waals surface area contributed by atoms with Gasteiger partial charge in [-0.25, -0.2) is 0 Å². The van der Waals surface area contributed by atoms with Gasteiger partial charge in [0, 0.05) is 33.1 Å². The van der Waals surface area contributed by atoms with Gasteiger partial charge in [-0.05, 0) is 120 Å². The van der Waals surface area contributed by atoms with Crippen molar-refractivity contribution < 1.29 is 4.42 Å². The first-order valence-electron chi connectivity index (χ1n) is 21.2. The van der Waals surface area contributed by atoms with Crippen molar-refractivity contribution in [3.05, 3.63) is 237 Å². The van der Waals surface area contributed by atoms with Gasteiger partial charge in [0.2, 0.25) is 0 Å². The van der Waals surface area contributed by atoms with E-state index in [1.54, 1.807) is 0 Å². The monoisotopic (exact) mass is 789 g/mol. The van der Waals surface area contributed by atoms with Gasteiger partial charge in [0.1, 0.15) is 11.2 Å². The molecule has 0 amide bonds. The van der Waals surface area contributed by atoms with Crippen LogP contribution in [0.1, 0.15) is 0 Å². The Labute approximate surface area is 360 Å². The lowest BCUT2D eigenvalue weighted by molar-refractivity contribution is 0.672. The summed E-state index contributed by atoms with van der Waals surface area (Å²) in [6.45, 7) is 0. The van der Waals surface area contributed by atoms with E-state index < -0.39 is 0 Å². The van der Waals surface area contributed by atoms with Gasteiger partial charge in [-0.15, -0.1) is 0 Å². The zero-order chi connectivity index (χ0) is 41.0. The molecule has 0 N–H and O–H groups in total. The number of benzene rings is 11. The molecule has 62 heavy (non-hydrogen) atoms. The Kier molecular flexibility index (Phi) is 8.53. The molecule has 0 radical (unpaired) electrons. The molecule has 11 aromatic carbocycles. The molecule has 0 saturated heterocycles. The quantitative estimate of drug-likeness (QED) is 0.160. The number of anilines is 3. The molecular weight excluding hydrogens is 751 g/mol. The summed E-state index contributed by atoms with van der Waals surface area (Å²) < 4.78 is 6.54. The molecule has 12 rings (SSSR count). The largest absolute Gasteiger partial charge is 0.455 e. The number of furan rings is 1. The lowest BCUT2D eigenvalue weighted by atomic mass is 9.96. The predicted molar refractivity (Wildman–Crippen MR) is 263 cm³/mol. The van der Waals surface area contributed by atoms with Crippen molar-refractivity contribution in [1.82, 2.24) is 0 Å². The highest BCUT2D eigenvalue weighted by molar-refractivity contribution is 6.15. The molecule has 290 valence electrons. The normalized spacial score (nSPS) is 11.5. The summed E-state index contributed by atoms with van der Waals surface area (Å²) in [4.78, 5) is 2.40. The van der Waals surface area contributed by atoms with Gasteiger partial charge in [0.15, 0.2) is 0 Å². The molecule has 0 atom stereocenters. The maximum absolute atomic E-state index is 6.54. The van der Waals surface area contributed by atoms with Gasteiger partial charge in [-0.2, -0.15) is 0 Å². The van der Waals surface area contributed by atoms with E-state index in [4.69, 9.17) is 4.42 Å². The minimum Gasteiger partial charge on any atom is -0.455 e. The topological polar surface area (TPSA) is 16.4 Å². The van der Waals surface area contributed by atoms with Crippen molar-refractivity contribution in [3.63, 3.8) is 0 Å². The van der Waals surface area contributed by atoms with E-state index in [2.05, 4.69) is 241 Å². The van der Waals surface area contributed by atoms with Gasteiger partial charge >= 0.3 is 0 Å². The molecule has 0 fully saturated rings. The molecule has 0 aliphatic carbocycles. The smallest absolute Gasteiger partial charge is 0.143 e. The van der Waals surface area contributed by atoms with Crippen LogP contribution in [-0.2, 0) is 0 Å². The second kappa shape index (κ2) is 14.8. The van der Waals surface area contributed by atoms with Crippen LogP contribution in [-0.4, -0.2) is 0 Å². The number of fused-ring (bicyclic) bond motifs is 7. The summed E-state index contributed by atoms with van der Waals surface area (Å²) in [6, 6.07) is 85.6. The molecule has 0 saturated carbocycles. The molecule has 0 aliphatic rings. The Morgan fingerprint density at radius 2 is 0.855 bits per heavy atom. The summed E-state index contributed by atoms with van der Waals surface area (Å²) >= 11 is 0. The molecule has 0 aliphatic heterocycles. The lowest BCUT2D eigenvalue weighted by Crippen LogP contribution is -2.11. The highest BCUT2D eigenvalue weighted by Gasteiger charge is 2.20. The molecule has 12 aromatic rings. The fourth-order valence-corrected chi connectivity index (χ4v) is 9.33. The molecule has 1 heterocycles. The first-order valence-corrected chi connectivity index (χ1v) is 21.2. The predicted octanol–water partition coefficient (Wildman–Crippen LogP) is 17.2. The minimum absolute atomic E-state index is 0.887. The highest BCUT2D eigenvalue weighted by atomic mass is 16.3. The van der Waals surface area contributed by atoms with Gasteiger partial charge in [0.25, 0.3) is 0 Å². The third kappa shape index (κ3) is 6.20. The molecule has 1 aromatic heterocycles. The van der Waals surface area contributed by atoms with Crippen molar-refractivity contribution in [2.45, 2.75) is 0 Å². The van der Waals surface area contributed by atoms with Crippen LogP contribution in [0, 0.1) is 0 Å². The van der Waals surface area contributed by atoms with Crippen LogP contribution in [0.3, 0.4) is 0 Å². The first-order chi connectivity index (χ1) is 30.7. The SMILES string of the molecule is c1cc(-c2ccc3ccccc3c2)cc(N(c2ccc(-c3ccc(-c4cccc5ccccc45)cc3)cc2)c2ccccc2-c2ccc3oc4c5ccccc5ccc4c3c2)c1. The van der Waals surface area contributed by atoms with Crippen LogP contribution < -0.4 is 4.90 Å². The molecule has 2 nitrogen and oxygen atoms in total. The summed E-state index contributed by atoms with van der Waals surface area (Å²) in [5.41, 5.74) is 14.5. The minimum atomic E-state index is 0.887. The van der Waals surface area contributed by atoms with Crippen LogP contribution in [0.2, 0.25) is 0 Å². The lowest BCUT2D eigenvalue weighted by Gasteiger charge is -2.28. The highest BCUT2D eigenvalue weighted by Crippen LogP contribution is 2.44. The third-order valence-corrected chi connectivity index (χ3v) is 12.4. The Hall–Kier alpha value is -8.20. The van der Waals surface area contributed by atoms with Crippen molar-refractivity contribution >= 4 is 71.3 Å². The van der Waals surface area contributed by atoms with Crippen LogP contribution >= 0.6 is 0 Å². The van der Waals surface area contributed by atoms with Crippen LogP contribution in [0.25, 0.3) is 98.8 Å². The Balaban J connectivity index is 0.969. The first kappa shape index (κ1) is 35.7. The van der Waals surface area contributed by atoms with Crippen LogP contribution in [0.5, 0.6) is 0 Å². The summed E-state index contributed by atoms with van der Waals surface area (Å²) in [7, 11) is 0. The molecule has 2 heteroatoms. The summed E-state index contributed by atoms with van der Waals surface area (Å²) in [5.74, 6) is 0.